The molecule has 1 N–H and O–H groups in total. The Morgan fingerprint density at radius 2 is 2.27 bits per heavy atom. The van der Waals surface area contributed by atoms with Gasteiger partial charge in [0.15, 0.2) is 5.89 Å². The van der Waals surface area contributed by atoms with E-state index in [1.165, 1.54) is 0 Å². The monoisotopic (exact) mass is 152 g/mol. The molecule has 0 bridgehead atoms. The Morgan fingerprint density at radius 3 is 2.91 bits per heavy atom. The Hall–Kier alpha value is -0.830. The van der Waals surface area contributed by atoms with Gasteiger partial charge in [-0.15, -0.1) is 0 Å². The molecule has 1 aromatic heterocycles. The van der Waals surface area contributed by atoms with Gasteiger partial charge in [0.1, 0.15) is 5.76 Å². The predicted octanol–water partition coefficient (Wildman–Crippen LogP) is 1.40. The number of rotatable bonds is 1. The maximum atomic E-state index is 5.51. The van der Waals surface area contributed by atoms with Gasteiger partial charge in [-0.2, -0.15) is 0 Å². The Morgan fingerprint density at radius 1 is 1.45 bits per heavy atom. The molecule has 2 heterocycles. The molecule has 1 aliphatic rings. The zero-order chi connectivity index (χ0) is 7.84. The van der Waals surface area contributed by atoms with Crippen LogP contribution in [0, 0.1) is 0 Å². The SMILES string of the molecule is CC(C)c1nc2c(o1)CNC2. The zero-order valence-electron chi connectivity index (χ0n) is 6.85. The summed E-state index contributed by atoms with van der Waals surface area (Å²) in [6, 6.07) is 0. The first-order chi connectivity index (χ1) is 5.27. The highest BCUT2D eigenvalue weighted by molar-refractivity contribution is 5.14. The topological polar surface area (TPSA) is 38.1 Å². The second kappa shape index (κ2) is 2.34. The third-order valence-corrected chi connectivity index (χ3v) is 1.87. The van der Waals surface area contributed by atoms with Crippen LogP contribution in [0.4, 0.5) is 0 Å². The van der Waals surface area contributed by atoms with Crippen LogP contribution in [0.15, 0.2) is 4.42 Å². The van der Waals surface area contributed by atoms with E-state index < -0.39 is 0 Å². The first kappa shape index (κ1) is 6.85. The summed E-state index contributed by atoms with van der Waals surface area (Å²) in [6.45, 7) is 5.89. The normalized spacial score (nSPS) is 15.9. The lowest BCUT2D eigenvalue weighted by atomic mass is 10.2. The highest BCUT2D eigenvalue weighted by Gasteiger charge is 2.18. The van der Waals surface area contributed by atoms with Crippen LogP contribution < -0.4 is 5.32 Å². The second-order valence-electron chi connectivity index (χ2n) is 3.18. The van der Waals surface area contributed by atoms with Crippen molar-refractivity contribution in [3.05, 3.63) is 17.3 Å². The van der Waals surface area contributed by atoms with Gasteiger partial charge in [0.2, 0.25) is 0 Å². The summed E-state index contributed by atoms with van der Waals surface area (Å²) in [7, 11) is 0. The average molecular weight is 152 g/mol. The van der Waals surface area contributed by atoms with E-state index in [0.717, 1.165) is 30.4 Å². The summed E-state index contributed by atoms with van der Waals surface area (Å²) in [5.41, 5.74) is 1.09. The molecule has 0 saturated heterocycles. The van der Waals surface area contributed by atoms with Crippen LogP contribution in [-0.2, 0) is 13.1 Å². The molecule has 0 amide bonds. The first-order valence-corrected chi connectivity index (χ1v) is 3.96. The van der Waals surface area contributed by atoms with Crippen molar-refractivity contribution in [1.29, 1.82) is 0 Å². The van der Waals surface area contributed by atoms with Crippen LogP contribution in [0.5, 0.6) is 0 Å². The largest absolute Gasteiger partial charge is 0.444 e. The Labute approximate surface area is 65.8 Å². The van der Waals surface area contributed by atoms with Crippen molar-refractivity contribution < 1.29 is 4.42 Å². The molecule has 60 valence electrons. The maximum absolute atomic E-state index is 5.51. The van der Waals surface area contributed by atoms with Crippen LogP contribution >= 0.6 is 0 Å². The van der Waals surface area contributed by atoms with Crippen LogP contribution in [-0.4, -0.2) is 4.98 Å². The van der Waals surface area contributed by atoms with Crippen LogP contribution in [0.3, 0.4) is 0 Å². The molecule has 11 heavy (non-hydrogen) atoms. The molecule has 2 rings (SSSR count). The Kier molecular flexibility index (Phi) is 1.46. The molecule has 0 spiro atoms. The summed E-state index contributed by atoms with van der Waals surface area (Å²) in [6.07, 6.45) is 0. The summed E-state index contributed by atoms with van der Waals surface area (Å²) >= 11 is 0. The van der Waals surface area contributed by atoms with E-state index in [0.29, 0.717) is 5.92 Å². The van der Waals surface area contributed by atoms with Gasteiger partial charge in [-0.25, -0.2) is 4.98 Å². The van der Waals surface area contributed by atoms with Crippen LogP contribution in [0.1, 0.15) is 37.1 Å². The fourth-order valence-electron chi connectivity index (χ4n) is 1.22. The smallest absolute Gasteiger partial charge is 0.197 e. The maximum Gasteiger partial charge on any atom is 0.197 e. The second-order valence-corrected chi connectivity index (χ2v) is 3.18. The molecule has 3 nitrogen and oxygen atoms in total. The van der Waals surface area contributed by atoms with Crippen LogP contribution in [0.2, 0.25) is 0 Å². The standard InChI is InChI=1S/C8H12N2O/c1-5(2)8-10-6-3-9-4-7(6)11-8/h5,9H,3-4H2,1-2H3. The molecule has 3 heteroatoms. The van der Waals surface area contributed by atoms with E-state index in [4.69, 9.17) is 4.42 Å². The third kappa shape index (κ3) is 1.05. The number of aromatic nitrogens is 1. The molecule has 0 saturated carbocycles. The summed E-state index contributed by atoms with van der Waals surface area (Å²) in [5, 5.41) is 3.18. The van der Waals surface area contributed by atoms with E-state index >= 15 is 0 Å². The Balaban J connectivity index is 2.34. The summed E-state index contributed by atoms with van der Waals surface area (Å²) in [4.78, 5) is 4.36. The summed E-state index contributed by atoms with van der Waals surface area (Å²) < 4.78 is 5.51. The molecule has 0 aromatic carbocycles. The number of hydrogen-bond acceptors (Lipinski definition) is 3. The molecule has 0 fully saturated rings. The fraction of sp³-hybridized carbons (Fsp3) is 0.625. The van der Waals surface area contributed by atoms with Crippen LogP contribution in [0.25, 0.3) is 0 Å². The van der Waals surface area contributed by atoms with E-state index in [9.17, 15) is 0 Å². The molecule has 0 atom stereocenters. The van der Waals surface area contributed by atoms with Crippen molar-refractivity contribution in [2.24, 2.45) is 0 Å². The molecular formula is C8H12N2O. The lowest BCUT2D eigenvalue weighted by Crippen LogP contribution is -2.02. The molecular weight excluding hydrogens is 140 g/mol. The van der Waals surface area contributed by atoms with Crippen molar-refractivity contribution in [2.75, 3.05) is 0 Å². The van der Waals surface area contributed by atoms with Gasteiger partial charge >= 0.3 is 0 Å². The van der Waals surface area contributed by atoms with Gasteiger partial charge in [0.25, 0.3) is 0 Å². The van der Waals surface area contributed by atoms with E-state index in [2.05, 4.69) is 24.1 Å². The Bertz CT molecular complexity index is 244. The van der Waals surface area contributed by atoms with Gasteiger partial charge in [-0.05, 0) is 0 Å². The van der Waals surface area contributed by atoms with Gasteiger partial charge in [0, 0.05) is 12.5 Å². The van der Waals surface area contributed by atoms with Gasteiger partial charge in [0.05, 0.1) is 12.2 Å². The van der Waals surface area contributed by atoms with Crippen molar-refractivity contribution in [3.63, 3.8) is 0 Å². The predicted molar refractivity (Wildman–Crippen MR) is 41.1 cm³/mol. The molecule has 0 unspecified atom stereocenters. The quantitative estimate of drug-likeness (QED) is 0.661. The van der Waals surface area contributed by atoms with E-state index in [-0.39, 0.29) is 0 Å². The van der Waals surface area contributed by atoms with Gasteiger partial charge in [-0.3, -0.25) is 0 Å². The molecule has 1 aromatic rings. The van der Waals surface area contributed by atoms with Crippen molar-refractivity contribution >= 4 is 0 Å². The number of fused-ring (bicyclic) bond motifs is 1. The van der Waals surface area contributed by atoms with E-state index in [1.807, 2.05) is 0 Å². The van der Waals surface area contributed by atoms with Crippen molar-refractivity contribution in [3.8, 4) is 0 Å². The van der Waals surface area contributed by atoms with Gasteiger partial charge < -0.3 is 9.73 Å². The fourth-order valence-corrected chi connectivity index (χ4v) is 1.22. The van der Waals surface area contributed by atoms with Gasteiger partial charge in [-0.1, -0.05) is 13.8 Å². The number of nitrogens with one attached hydrogen (secondary N) is 1. The number of nitrogens with zero attached hydrogens (tertiary/aromatic N) is 1. The average Bonchev–Trinajstić information content (AvgIpc) is 2.40. The first-order valence-electron chi connectivity index (χ1n) is 3.96. The number of oxazole rings is 1. The molecule has 0 radical (unpaired) electrons. The zero-order valence-corrected chi connectivity index (χ0v) is 6.85. The molecule has 1 aliphatic heterocycles. The number of hydrogen-bond donors (Lipinski definition) is 1. The minimum atomic E-state index is 0.403. The third-order valence-electron chi connectivity index (χ3n) is 1.87. The minimum absolute atomic E-state index is 0.403. The van der Waals surface area contributed by atoms with Crippen molar-refractivity contribution in [1.82, 2.24) is 10.3 Å². The highest BCUT2D eigenvalue weighted by atomic mass is 16.4. The minimum Gasteiger partial charge on any atom is -0.444 e. The van der Waals surface area contributed by atoms with E-state index in [1.54, 1.807) is 0 Å². The highest BCUT2D eigenvalue weighted by Crippen LogP contribution is 2.20. The lowest BCUT2D eigenvalue weighted by molar-refractivity contribution is 0.431. The van der Waals surface area contributed by atoms with Crippen molar-refractivity contribution in [2.45, 2.75) is 32.9 Å². The summed E-state index contributed by atoms with van der Waals surface area (Å²) in [5.74, 6) is 2.30. The lowest BCUT2D eigenvalue weighted by Gasteiger charge is -1.96. The molecule has 0 aliphatic carbocycles.